The summed E-state index contributed by atoms with van der Waals surface area (Å²) in [6.07, 6.45) is 2.16. The third-order valence-electron chi connectivity index (χ3n) is 4.52. The standard InChI is InChI=1S/C18H16N4OS2/c19-10-12-7-9-24-17(12)21-16(23)11-22-8-3-5-14(22)18-20-13-4-1-2-6-15(13)25-18/h1-2,4,6-7,9,14H,3,5,8,11H2,(H,21,23)/p+1/t14-/m1/s1. The predicted octanol–water partition coefficient (Wildman–Crippen LogP) is 2.59. The third kappa shape index (κ3) is 3.29. The Labute approximate surface area is 153 Å². The second kappa shape index (κ2) is 6.92. The van der Waals surface area contributed by atoms with Crippen molar-refractivity contribution >= 4 is 43.8 Å². The number of hydrogen-bond acceptors (Lipinski definition) is 5. The Morgan fingerprint density at radius 3 is 3.12 bits per heavy atom. The number of nitrogens with zero attached hydrogens (tertiary/aromatic N) is 2. The number of para-hydroxylation sites is 1. The van der Waals surface area contributed by atoms with Crippen LogP contribution in [0, 0.1) is 11.3 Å². The van der Waals surface area contributed by atoms with Crippen molar-refractivity contribution in [3.05, 3.63) is 46.3 Å². The van der Waals surface area contributed by atoms with E-state index in [-0.39, 0.29) is 11.9 Å². The summed E-state index contributed by atoms with van der Waals surface area (Å²) in [6.45, 7) is 1.38. The molecule has 2 aromatic heterocycles. The van der Waals surface area contributed by atoms with E-state index in [0.717, 1.165) is 29.9 Å². The molecule has 2 N–H and O–H groups in total. The Bertz CT molecular complexity index is 922. The number of nitrogens with one attached hydrogen (secondary N) is 2. The van der Waals surface area contributed by atoms with Crippen molar-refractivity contribution in [1.82, 2.24) is 4.98 Å². The highest BCUT2D eigenvalue weighted by molar-refractivity contribution is 7.18. The number of anilines is 1. The highest BCUT2D eigenvalue weighted by Crippen LogP contribution is 2.28. The Morgan fingerprint density at radius 1 is 1.40 bits per heavy atom. The molecule has 0 radical (unpaired) electrons. The van der Waals surface area contributed by atoms with E-state index in [0.29, 0.717) is 17.1 Å². The van der Waals surface area contributed by atoms with Crippen molar-refractivity contribution < 1.29 is 9.69 Å². The number of hydrogen-bond donors (Lipinski definition) is 2. The van der Waals surface area contributed by atoms with Crippen LogP contribution in [0.5, 0.6) is 0 Å². The van der Waals surface area contributed by atoms with Crippen molar-refractivity contribution in [2.75, 3.05) is 18.4 Å². The van der Waals surface area contributed by atoms with E-state index in [1.165, 1.54) is 20.9 Å². The van der Waals surface area contributed by atoms with Gasteiger partial charge >= 0.3 is 0 Å². The summed E-state index contributed by atoms with van der Waals surface area (Å²) in [5, 5.41) is 15.5. The van der Waals surface area contributed by atoms with Crippen molar-refractivity contribution in [3.63, 3.8) is 0 Å². The highest BCUT2D eigenvalue weighted by atomic mass is 32.1. The number of fused-ring (bicyclic) bond motifs is 1. The first-order valence-electron chi connectivity index (χ1n) is 8.22. The van der Waals surface area contributed by atoms with E-state index in [1.54, 1.807) is 17.4 Å². The molecule has 0 saturated carbocycles. The predicted molar refractivity (Wildman–Crippen MR) is 100.0 cm³/mol. The van der Waals surface area contributed by atoms with Crippen molar-refractivity contribution in [2.24, 2.45) is 0 Å². The number of rotatable bonds is 4. The van der Waals surface area contributed by atoms with E-state index in [2.05, 4.69) is 17.5 Å². The van der Waals surface area contributed by atoms with E-state index in [1.807, 2.05) is 23.6 Å². The molecule has 25 heavy (non-hydrogen) atoms. The summed E-state index contributed by atoms with van der Waals surface area (Å²) >= 11 is 3.12. The van der Waals surface area contributed by atoms with Crippen LogP contribution in [0.1, 0.15) is 29.5 Å². The Morgan fingerprint density at radius 2 is 2.28 bits per heavy atom. The fourth-order valence-electron chi connectivity index (χ4n) is 3.33. The summed E-state index contributed by atoms with van der Waals surface area (Å²) in [4.78, 5) is 18.5. The molecule has 1 aliphatic rings. The molecule has 4 rings (SSSR count). The van der Waals surface area contributed by atoms with Gasteiger partial charge in [0.15, 0.2) is 11.6 Å². The first-order valence-corrected chi connectivity index (χ1v) is 9.91. The van der Waals surface area contributed by atoms with Gasteiger partial charge in [-0.2, -0.15) is 5.26 Å². The van der Waals surface area contributed by atoms with Crippen LogP contribution in [0.4, 0.5) is 5.00 Å². The lowest BCUT2D eigenvalue weighted by Crippen LogP contribution is -3.11. The molecule has 126 valence electrons. The number of thiazole rings is 1. The molecule has 1 saturated heterocycles. The summed E-state index contributed by atoms with van der Waals surface area (Å²) in [5.74, 6) is -0.0399. The summed E-state index contributed by atoms with van der Waals surface area (Å²) in [6, 6.07) is 12.3. The van der Waals surface area contributed by atoms with Gasteiger partial charge in [-0.25, -0.2) is 4.98 Å². The van der Waals surface area contributed by atoms with Crippen LogP contribution in [0.15, 0.2) is 35.7 Å². The average Bonchev–Trinajstić information content (AvgIpc) is 3.32. The van der Waals surface area contributed by atoms with E-state index in [4.69, 9.17) is 10.2 Å². The van der Waals surface area contributed by atoms with Crippen LogP contribution in [0.25, 0.3) is 10.2 Å². The molecular formula is C18H17N4OS2+. The Hall–Kier alpha value is -2.27. The molecule has 3 aromatic rings. The number of amides is 1. The number of thiophene rings is 1. The van der Waals surface area contributed by atoms with E-state index >= 15 is 0 Å². The number of carbonyl (C=O) groups excluding carboxylic acids is 1. The molecule has 1 aliphatic heterocycles. The average molecular weight is 369 g/mol. The van der Waals surface area contributed by atoms with E-state index in [9.17, 15) is 4.79 Å². The molecule has 1 unspecified atom stereocenters. The number of quaternary nitrogens is 1. The molecule has 0 spiro atoms. The van der Waals surface area contributed by atoms with Crippen molar-refractivity contribution in [3.8, 4) is 6.07 Å². The molecule has 7 heteroatoms. The van der Waals surface area contributed by atoms with Gasteiger partial charge < -0.3 is 10.2 Å². The number of carbonyl (C=O) groups is 1. The van der Waals surface area contributed by atoms with Gasteiger partial charge in [-0.05, 0) is 23.6 Å². The zero-order valence-electron chi connectivity index (χ0n) is 13.5. The van der Waals surface area contributed by atoms with Gasteiger partial charge in [-0.1, -0.05) is 12.1 Å². The van der Waals surface area contributed by atoms with Crippen LogP contribution in [0.2, 0.25) is 0 Å². The van der Waals surface area contributed by atoms with Gasteiger partial charge in [-0.3, -0.25) is 4.79 Å². The molecule has 5 nitrogen and oxygen atoms in total. The van der Waals surface area contributed by atoms with Crippen LogP contribution in [-0.2, 0) is 4.79 Å². The van der Waals surface area contributed by atoms with Gasteiger partial charge in [0, 0.05) is 12.8 Å². The first-order chi connectivity index (χ1) is 12.2. The third-order valence-corrected chi connectivity index (χ3v) is 6.50. The van der Waals surface area contributed by atoms with Gasteiger partial charge in [0.05, 0.1) is 22.3 Å². The van der Waals surface area contributed by atoms with Gasteiger partial charge in [0.1, 0.15) is 17.1 Å². The maximum absolute atomic E-state index is 12.4. The Balaban J connectivity index is 1.48. The fourth-order valence-corrected chi connectivity index (χ4v) is 5.25. The quantitative estimate of drug-likeness (QED) is 0.743. The second-order valence-corrected chi connectivity index (χ2v) is 8.10. The monoisotopic (exact) mass is 369 g/mol. The topological polar surface area (TPSA) is 70.2 Å². The largest absolute Gasteiger partial charge is 0.319 e. The molecule has 1 amide bonds. The number of nitriles is 1. The fraction of sp³-hybridized carbons (Fsp3) is 0.278. The molecule has 0 bridgehead atoms. The minimum atomic E-state index is -0.0399. The second-order valence-electron chi connectivity index (χ2n) is 6.12. The molecule has 0 aliphatic carbocycles. The number of aromatic nitrogens is 1. The van der Waals surface area contributed by atoms with Crippen LogP contribution >= 0.6 is 22.7 Å². The first kappa shape index (κ1) is 16.2. The summed E-state index contributed by atoms with van der Waals surface area (Å²) in [5.41, 5.74) is 1.56. The lowest BCUT2D eigenvalue weighted by Gasteiger charge is -2.19. The maximum Gasteiger partial charge on any atom is 0.280 e. The number of benzene rings is 1. The SMILES string of the molecule is N#Cc1ccsc1NC(=O)C[NH+]1CCC[C@@H]1c1nc2ccccc2s1. The lowest BCUT2D eigenvalue weighted by atomic mass is 10.2. The number of likely N-dealkylation sites (tertiary alicyclic amines) is 1. The Kier molecular flexibility index (Phi) is 4.49. The van der Waals surface area contributed by atoms with Gasteiger partial charge in [-0.15, -0.1) is 22.7 Å². The van der Waals surface area contributed by atoms with Gasteiger partial charge in [0.25, 0.3) is 5.91 Å². The van der Waals surface area contributed by atoms with E-state index < -0.39 is 0 Å². The molecule has 2 atom stereocenters. The van der Waals surface area contributed by atoms with Crippen LogP contribution < -0.4 is 10.2 Å². The molecule has 1 aromatic carbocycles. The highest BCUT2D eigenvalue weighted by Gasteiger charge is 2.34. The van der Waals surface area contributed by atoms with Crippen LogP contribution in [-0.4, -0.2) is 24.0 Å². The molecular weight excluding hydrogens is 352 g/mol. The van der Waals surface area contributed by atoms with Gasteiger partial charge in [0.2, 0.25) is 0 Å². The van der Waals surface area contributed by atoms with Crippen LogP contribution in [0.3, 0.4) is 0 Å². The summed E-state index contributed by atoms with van der Waals surface area (Å²) in [7, 11) is 0. The van der Waals surface area contributed by atoms with Crippen molar-refractivity contribution in [1.29, 1.82) is 5.26 Å². The maximum atomic E-state index is 12.4. The molecule has 3 heterocycles. The minimum absolute atomic E-state index is 0.0399. The zero-order valence-corrected chi connectivity index (χ0v) is 15.1. The van der Waals surface area contributed by atoms with Crippen molar-refractivity contribution in [2.45, 2.75) is 18.9 Å². The smallest absolute Gasteiger partial charge is 0.280 e. The minimum Gasteiger partial charge on any atom is -0.319 e. The normalized spacial score (nSPS) is 19.8. The molecule has 1 fully saturated rings. The zero-order chi connectivity index (χ0) is 17.2. The summed E-state index contributed by atoms with van der Waals surface area (Å²) < 4.78 is 1.20. The lowest BCUT2D eigenvalue weighted by molar-refractivity contribution is -0.910.